The number of aliphatic carboxylic acids is 1. The number of nitrogens with zero attached hydrogens (tertiary/aromatic N) is 2. The first kappa shape index (κ1) is 14.7. The molecule has 1 saturated heterocycles. The van der Waals surface area contributed by atoms with Gasteiger partial charge in [-0.3, -0.25) is 9.78 Å². The Morgan fingerprint density at radius 3 is 2.85 bits per heavy atom. The van der Waals surface area contributed by atoms with E-state index < -0.39 is 22.0 Å². The SMILES string of the molecule is COc1cncc(S(=O)(=O)N2CCCCC2C(=O)O)c1. The first-order valence-electron chi connectivity index (χ1n) is 6.20. The Hall–Kier alpha value is -1.67. The number of rotatable bonds is 4. The van der Waals surface area contributed by atoms with Gasteiger partial charge < -0.3 is 9.84 Å². The third kappa shape index (κ3) is 2.75. The van der Waals surface area contributed by atoms with Gasteiger partial charge in [0.05, 0.1) is 13.3 Å². The normalized spacial score (nSPS) is 20.6. The van der Waals surface area contributed by atoms with E-state index in [9.17, 15) is 18.3 Å². The molecule has 0 spiro atoms. The predicted molar refractivity (Wildman–Crippen MR) is 70.0 cm³/mol. The van der Waals surface area contributed by atoms with Crippen LogP contribution in [-0.4, -0.2) is 48.5 Å². The highest BCUT2D eigenvalue weighted by atomic mass is 32.2. The molecule has 1 atom stereocenters. The molecule has 2 rings (SSSR count). The average Bonchev–Trinajstić information content (AvgIpc) is 2.47. The van der Waals surface area contributed by atoms with Crippen LogP contribution in [0, 0.1) is 0 Å². The minimum atomic E-state index is -3.88. The molecule has 1 aliphatic rings. The Labute approximate surface area is 117 Å². The Bertz CT molecular complexity index is 602. The smallest absolute Gasteiger partial charge is 0.322 e. The van der Waals surface area contributed by atoms with Gasteiger partial charge in [0.2, 0.25) is 10.0 Å². The Kier molecular flexibility index (Phi) is 4.24. The van der Waals surface area contributed by atoms with E-state index in [-0.39, 0.29) is 11.4 Å². The molecule has 1 aromatic rings. The number of hydrogen-bond acceptors (Lipinski definition) is 5. The molecule has 0 radical (unpaired) electrons. The van der Waals surface area contributed by atoms with Gasteiger partial charge in [0.1, 0.15) is 16.7 Å². The second-order valence-corrected chi connectivity index (χ2v) is 6.42. The van der Waals surface area contributed by atoms with Crippen molar-refractivity contribution < 1.29 is 23.1 Å². The van der Waals surface area contributed by atoms with Crippen molar-refractivity contribution in [2.45, 2.75) is 30.2 Å². The van der Waals surface area contributed by atoms with E-state index in [2.05, 4.69) is 4.98 Å². The van der Waals surface area contributed by atoms with Crippen LogP contribution in [0.15, 0.2) is 23.4 Å². The maximum absolute atomic E-state index is 12.5. The molecule has 1 fully saturated rings. The summed E-state index contributed by atoms with van der Waals surface area (Å²) in [6.45, 7) is 0.205. The number of ether oxygens (including phenoxy) is 1. The van der Waals surface area contributed by atoms with Crippen molar-refractivity contribution in [3.8, 4) is 5.75 Å². The number of sulfonamides is 1. The summed E-state index contributed by atoms with van der Waals surface area (Å²) in [5.74, 6) is -0.806. The molecule has 8 heteroatoms. The summed E-state index contributed by atoms with van der Waals surface area (Å²) in [4.78, 5) is 15.0. The van der Waals surface area contributed by atoms with Gasteiger partial charge in [-0.2, -0.15) is 4.31 Å². The molecule has 0 aromatic carbocycles. The molecular formula is C12H16N2O5S. The number of carboxylic acid groups (broad SMARTS) is 1. The van der Waals surface area contributed by atoms with Gasteiger partial charge in [0.15, 0.2) is 0 Å². The van der Waals surface area contributed by atoms with E-state index in [0.29, 0.717) is 25.0 Å². The Morgan fingerprint density at radius 1 is 1.45 bits per heavy atom. The maximum Gasteiger partial charge on any atom is 0.322 e. The third-order valence-electron chi connectivity index (χ3n) is 3.27. The van der Waals surface area contributed by atoms with Crippen LogP contribution >= 0.6 is 0 Å². The van der Waals surface area contributed by atoms with Crippen molar-refractivity contribution in [1.29, 1.82) is 0 Å². The van der Waals surface area contributed by atoms with Gasteiger partial charge in [-0.05, 0) is 19.3 Å². The molecule has 1 aliphatic heterocycles. The lowest BCUT2D eigenvalue weighted by atomic mass is 10.1. The van der Waals surface area contributed by atoms with E-state index >= 15 is 0 Å². The van der Waals surface area contributed by atoms with Crippen LogP contribution in [0.1, 0.15) is 19.3 Å². The first-order chi connectivity index (χ1) is 9.46. The molecule has 1 N–H and O–H groups in total. The molecule has 20 heavy (non-hydrogen) atoms. The molecule has 0 aliphatic carbocycles. The molecule has 0 bridgehead atoms. The lowest BCUT2D eigenvalue weighted by Crippen LogP contribution is -2.47. The van der Waals surface area contributed by atoms with Crippen molar-refractivity contribution in [2.24, 2.45) is 0 Å². The van der Waals surface area contributed by atoms with Crippen molar-refractivity contribution in [2.75, 3.05) is 13.7 Å². The van der Waals surface area contributed by atoms with Gasteiger partial charge in [-0.15, -0.1) is 0 Å². The highest BCUT2D eigenvalue weighted by molar-refractivity contribution is 7.89. The van der Waals surface area contributed by atoms with E-state index in [1.807, 2.05) is 0 Å². The van der Waals surface area contributed by atoms with Crippen molar-refractivity contribution in [1.82, 2.24) is 9.29 Å². The zero-order valence-electron chi connectivity index (χ0n) is 11.0. The summed E-state index contributed by atoms with van der Waals surface area (Å²) >= 11 is 0. The van der Waals surface area contributed by atoms with Crippen LogP contribution < -0.4 is 4.74 Å². The minimum Gasteiger partial charge on any atom is -0.495 e. The zero-order valence-corrected chi connectivity index (χ0v) is 11.8. The summed E-state index contributed by atoms with van der Waals surface area (Å²) < 4.78 is 31.1. The summed E-state index contributed by atoms with van der Waals surface area (Å²) in [5.41, 5.74) is 0. The number of methoxy groups -OCH3 is 1. The van der Waals surface area contributed by atoms with E-state index in [1.165, 1.54) is 25.6 Å². The minimum absolute atomic E-state index is 0.0509. The van der Waals surface area contributed by atoms with Gasteiger partial charge in [0, 0.05) is 18.8 Å². The Balaban J connectivity index is 2.39. The van der Waals surface area contributed by atoms with Gasteiger partial charge in [-0.1, -0.05) is 0 Å². The van der Waals surface area contributed by atoms with E-state index in [0.717, 1.165) is 4.31 Å². The number of aromatic nitrogens is 1. The van der Waals surface area contributed by atoms with Gasteiger partial charge >= 0.3 is 5.97 Å². The first-order valence-corrected chi connectivity index (χ1v) is 7.64. The largest absolute Gasteiger partial charge is 0.495 e. The number of hydrogen-bond donors (Lipinski definition) is 1. The fourth-order valence-corrected chi connectivity index (χ4v) is 3.86. The fourth-order valence-electron chi connectivity index (χ4n) is 2.23. The van der Waals surface area contributed by atoms with Crippen molar-refractivity contribution >= 4 is 16.0 Å². The number of pyridine rings is 1. The summed E-state index contributed by atoms with van der Waals surface area (Å²) in [6.07, 6.45) is 4.28. The van der Waals surface area contributed by atoms with Crippen LogP contribution in [0.4, 0.5) is 0 Å². The standard InChI is InChI=1S/C12H16N2O5S/c1-19-9-6-10(8-13-7-9)20(17,18)14-5-3-2-4-11(14)12(15)16/h6-8,11H,2-5H2,1H3,(H,15,16). The molecule has 110 valence electrons. The molecule has 0 saturated carbocycles. The number of carboxylic acids is 1. The van der Waals surface area contributed by atoms with Crippen molar-refractivity contribution in [3.63, 3.8) is 0 Å². The topological polar surface area (TPSA) is 96.8 Å². The summed E-state index contributed by atoms with van der Waals surface area (Å²) in [5, 5.41) is 9.17. The lowest BCUT2D eigenvalue weighted by Gasteiger charge is -2.31. The molecule has 7 nitrogen and oxygen atoms in total. The van der Waals surface area contributed by atoms with E-state index in [1.54, 1.807) is 0 Å². The van der Waals surface area contributed by atoms with Gasteiger partial charge in [-0.25, -0.2) is 8.42 Å². The maximum atomic E-state index is 12.5. The number of carbonyl (C=O) groups is 1. The summed E-state index contributed by atoms with van der Waals surface area (Å²) in [7, 11) is -2.47. The highest BCUT2D eigenvalue weighted by Gasteiger charge is 2.37. The predicted octanol–water partition coefficient (Wildman–Crippen LogP) is 0.718. The van der Waals surface area contributed by atoms with Crippen LogP contribution in [0.25, 0.3) is 0 Å². The Morgan fingerprint density at radius 2 is 2.20 bits per heavy atom. The van der Waals surface area contributed by atoms with Crippen molar-refractivity contribution in [3.05, 3.63) is 18.5 Å². The van der Waals surface area contributed by atoms with Crippen LogP contribution in [0.2, 0.25) is 0 Å². The quantitative estimate of drug-likeness (QED) is 0.880. The van der Waals surface area contributed by atoms with Crippen LogP contribution in [0.5, 0.6) is 5.75 Å². The third-order valence-corrected chi connectivity index (χ3v) is 5.14. The molecular weight excluding hydrogens is 284 g/mol. The second kappa shape index (κ2) is 5.76. The monoisotopic (exact) mass is 300 g/mol. The lowest BCUT2D eigenvalue weighted by molar-refractivity contribution is -0.142. The molecule has 1 unspecified atom stereocenters. The summed E-state index contributed by atoms with van der Waals surface area (Å²) in [6, 6.07) is 0.329. The fraction of sp³-hybridized carbons (Fsp3) is 0.500. The van der Waals surface area contributed by atoms with E-state index in [4.69, 9.17) is 4.74 Å². The average molecular weight is 300 g/mol. The molecule has 1 aromatic heterocycles. The van der Waals surface area contributed by atoms with Crippen LogP contribution in [0.3, 0.4) is 0 Å². The second-order valence-electron chi connectivity index (χ2n) is 4.53. The van der Waals surface area contributed by atoms with Crippen LogP contribution in [-0.2, 0) is 14.8 Å². The van der Waals surface area contributed by atoms with Gasteiger partial charge in [0.25, 0.3) is 0 Å². The molecule has 2 heterocycles. The molecule has 0 amide bonds. The number of piperidine rings is 1. The highest BCUT2D eigenvalue weighted by Crippen LogP contribution is 2.26. The zero-order chi connectivity index (χ0) is 14.8.